The van der Waals surface area contributed by atoms with E-state index in [1.807, 2.05) is 14.0 Å². The van der Waals surface area contributed by atoms with E-state index in [1.54, 1.807) is 0 Å². The number of thioether (sulfide) groups is 1. The minimum Gasteiger partial charge on any atom is -0.302 e. The van der Waals surface area contributed by atoms with Gasteiger partial charge in [0.15, 0.2) is 0 Å². The third-order valence-electron chi connectivity index (χ3n) is 3.65. The molecule has 0 aromatic heterocycles. The zero-order chi connectivity index (χ0) is 13.6. The number of hydrogen-bond acceptors (Lipinski definition) is 4. The Bertz CT molecular complexity index is 324. The Hall–Kier alpha value is 0.260. The lowest BCUT2D eigenvalue weighted by Crippen LogP contribution is -2.36. The summed E-state index contributed by atoms with van der Waals surface area (Å²) < 4.78 is 22.5. The van der Waals surface area contributed by atoms with Gasteiger partial charge in [-0.3, -0.25) is 0 Å². The maximum absolute atomic E-state index is 11.2. The highest BCUT2D eigenvalue weighted by Crippen LogP contribution is 2.28. The molecule has 0 aromatic rings. The summed E-state index contributed by atoms with van der Waals surface area (Å²) in [4.78, 5) is 2.16. The van der Waals surface area contributed by atoms with Gasteiger partial charge in [-0.05, 0) is 26.8 Å². The summed E-state index contributed by atoms with van der Waals surface area (Å²) in [6.07, 6.45) is 8.23. The molecule has 3 nitrogen and oxygen atoms in total. The summed E-state index contributed by atoms with van der Waals surface area (Å²) >= 11 is 2.07. The summed E-state index contributed by atoms with van der Waals surface area (Å²) in [7, 11) is -0.837. The van der Waals surface area contributed by atoms with Crippen LogP contribution in [0, 0.1) is 0 Å². The zero-order valence-electron chi connectivity index (χ0n) is 11.9. The second kappa shape index (κ2) is 7.75. The highest BCUT2D eigenvalue weighted by Gasteiger charge is 2.17. The summed E-state index contributed by atoms with van der Waals surface area (Å²) in [6, 6.07) is 0.118. The molecule has 1 saturated carbocycles. The minimum atomic E-state index is -2.86. The zero-order valence-corrected chi connectivity index (χ0v) is 13.5. The van der Waals surface area contributed by atoms with E-state index < -0.39 is 9.84 Å². The summed E-state index contributed by atoms with van der Waals surface area (Å²) in [5.74, 6) is 1.38. The molecule has 5 heteroatoms. The van der Waals surface area contributed by atoms with E-state index in [-0.39, 0.29) is 11.8 Å². The van der Waals surface area contributed by atoms with Gasteiger partial charge in [-0.1, -0.05) is 19.3 Å². The van der Waals surface area contributed by atoms with Crippen molar-refractivity contribution in [1.29, 1.82) is 0 Å². The van der Waals surface area contributed by atoms with Gasteiger partial charge >= 0.3 is 0 Å². The maximum atomic E-state index is 11.2. The predicted molar refractivity (Wildman–Crippen MR) is 81.1 cm³/mol. The average molecular weight is 293 g/mol. The molecule has 0 radical (unpaired) electrons. The topological polar surface area (TPSA) is 37.4 Å². The summed E-state index contributed by atoms with van der Waals surface area (Å²) in [5, 5.41) is 0.845. The van der Waals surface area contributed by atoms with Crippen molar-refractivity contribution < 1.29 is 8.42 Å². The standard InChI is InChI=1S/C13H27NO2S2/c1-12(11-18(3,15)16)14(2)9-10-17-13-7-5-4-6-8-13/h12-13H,4-11H2,1-3H3. The molecule has 1 aliphatic carbocycles. The monoisotopic (exact) mass is 293 g/mol. The Morgan fingerprint density at radius 3 is 2.44 bits per heavy atom. The van der Waals surface area contributed by atoms with Gasteiger partial charge in [0, 0.05) is 29.8 Å². The van der Waals surface area contributed by atoms with Crippen LogP contribution in [-0.4, -0.2) is 56.0 Å². The number of nitrogens with zero attached hydrogens (tertiary/aromatic N) is 1. The van der Waals surface area contributed by atoms with E-state index in [2.05, 4.69) is 16.7 Å². The first-order chi connectivity index (χ1) is 8.38. The lowest BCUT2D eigenvalue weighted by molar-refractivity contribution is 0.292. The molecule has 0 saturated heterocycles. The molecule has 1 atom stereocenters. The van der Waals surface area contributed by atoms with Crippen LogP contribution in [-0.2, 0) is 9.84 Å². The van der Waals surface area contributed by atoms with E-state index in [1.165, 1.54) is 38.4 Å². The second-order valence-electron chi connectivity index (χ2n) is 5.55. The van der Waals surface area contributed by atoms with Crippen molar-refractivity contribution in [1.82, 2.24) is 4.90 Å². The van der Waals surface area contributed by atoms with Crippen LogP contribution >= 0.6 is 11.8 Å². The lowest BCUT2D eigenvalue weighted by Gasteiger charge is -2.26. The minimum absolute atomic E-state index is 0.118. The molecular formula is C13H27NO2S2. The van der Waals surface area contributed by atoms with Crippen LogP contribution in [0.3, 0.4) is 0 Å². The molecule has 0 amide bonds. The lowest BCUT2D eigenvalue weighted by atomic mass is 10.0. The van der Waals surface area contributed by atoms with Gasteiger partial charge in [0.1, 0.15) is 9.84 Å². The van der Waals surface area contributed by atoms with Crippen LogP contribution in [0.25, 0.3) is 0 Å². The van der Waals surface area contributed by atoms with Gasteiger partial charge < -0.3 is 4.90 Å². The molecule has 0 heterocycles. The SMILES string of the molecule is CC(CS(C)(=O)=O)N(C)CCSC1CCCCC1. The van der Waals surface area contributed by atoms with Gasteiger partial charge in [-0.25, -0.2) is 8.42 Å². The summed E-state index contributed by atoms with van der Waals surface area (Å²) in [5.41, 5.74) is 0. The largest absolute Gasteiger partial charge is 0.302 e. The second-order valence-corrected chi connectivity index (χ2v) is 9.15. The third kappa shape index (κ3) is 7.00. The van der Waals surface area contributed by atoms with E-state index in [0.29, 0.717) is 0 Å². The Labute approximate surface area is 117 Å². The van der Waals surface area contributed by atoms with E-state index in [4.69, 9.17) is 0 Å². The number of hydrogen-bond donors (Lipinski definition) is 0. The molecule has 0 spiro atoms. The van der Waals surface area contributed by atoms with Crippen LogP contribution in [0.15, 0.2) is 0 Å². The number of rotatable bonds is 7. The first kappa shape index (κ1) is 16.3. The highest BCUT2D eigenvalue weighted by atomic mass is 32.2. The molecule has 18 heavy (non-hydrogen) atoms. The molecule has 1 fully saturated rings. The quantitative estimate of drug-likeness (QED) is 0.722. The van der Waals surface area contributed by atoms with Gasteiger partial charge in [-0.15, -0.1) is 0 Å². The van der Waals surface area contributed by atoms with Crippen LogP contribution in [0.2, 0.25) is 0 Å². The Morgan fingerprint density at radius 1 is 1.28 bits per heavy atom. The van der Waals surface area contributed by atoms with Crippen LogP contribution in [0.4, 0.5) is 0 Å². The Balaban J connectivity index is 2.17. The highest BCUT2D eigenvalue weighted by molar-refractivity contribution is 7.99. The first-order valence-corrected chi connectivity index (χ1v) is 9.99. The smallest absolute Gasteiger partial charge is 0.148 e. The predicted octanol–water partition coefficient (Wildman–Crippen LogP) is 2.42. The molecule has 0 bridgehead atoms. The van der Waals surface area contributed by atoms with Gasteiger partial charge in [0.05, 0.1) is 5.75 Å². The Morgan fingerprint density at radius 2 is 1.89 bits per heavy atom. The van der Waals surface area contributed by atoms with Crippen molar-refractivity contribution in [3.63, 3.8) is 0 Å². The van der Waals surface area contributed by atoms with E-state index in [9.17, 15) is 8.42 Å². The fourth-order valence-corrected chi connectivity index (χ4v) is 4.91. The van der Waals surface area contributed by atoms with Crippen molar-refractivity contribution in [2.24, 2.45) is 0 Å². The Kier molecular flexibility index (Phi) is 7.03. The van der Waals surface area contributed by atoms with E-state index >= 15 is 0 Å². The van der Waals surface area contributed by atoms with Crippen molar-refractivity contribution >= 4 is 21.6 Å². The molecule has 1 unspecified atom stereocenters. The molecule has 0 N–H and O–H groups in total. The third-order valence-corrected chi connectivity index (χ3v) is 6.10. The fourth-order valence-electron chi connectivity index (χ4n) is 2.38. The first-order valence-electron chi connectivity index (χ1n) is 6.88. The van der Waals surface area contributed by atoms with Gasteiger partial charge in [0.2, 0.25) is 0 Å². The van der Waals surface area contributed by atoms with Crippen molar-refractivity contribution in [2.45, 2.75) is 50.3 Å². The van der Waals surface area contributed by atoms with Gasteiger partial charge in [0.25, 0.3) is 0 Å². The van der Waals surface area contributed by atoms with Crippen molar-refractivity contribution in [2.75, 3.05) is 31.4 Å². The normalized spacial score (nSPS) is 20.2. The molecule has 0 aliphatic heterocycles. The van der Waals surface area contributed by atoms with E-state index in [0.717, 1.165) is 17.5 Å². The van der Waals surface area contributed by atoms with Crippen molar-refractivity contribution in [3.05, 3.63) is 0 Å². The molecule has 1 rings (SSSR count). The molecule has 0 aromatic carbocycles. The average Bonchev–Trinajstić information content (AvgIpc) is 2.28. The van der Waals surface area contributed by atoms with Crippen LogP contribution < -0.4 is 0 Å². The molecule has 1 aliphatic rings. The fraction of sp³-hybridized carbons (Fsp3) is 1.00. The molecular weight excluding hydrogens is 266 g/mol. The number of sulfone groups is 1. The summed E-state index contributed by atoms with van der Waals surface area (Å²) in [6.45, 7) is 2.98. The van der Waals surface area contributed by atoms with Crippen LogP contribution in [0.5, 0.6) is 0 Å². The van der Waals surface area contributed by atoms with Gasteiger partial charge in [-0.2, -0.15) is 11.8 Å². The van der Waals surface area contributed by atoms with Crippen molar-refractivity contribution in [3.8, 4) is 0 Å². The maximum Gasteiger partial charge on any atom is 0.148 e. The molecule has 108 valence electrons. The van der Waals surface area contributed by atoms with Crippen LogP contribution in [0.1, 0.15) is 39.0 Å².